The van der Waals surface area contributed by atoms with Gasteiger partial charge in [-0.05, 0) is 50.0 Å². The summed E-state index contributed by atoms with van der Waals surface area (Å²) in [5.74, 6) is 1.65. The molecule has 0 unspecified atom stereocenters. The van der Waals surface area contributed by atoms with Gasteiger partial charge in [0, 0.05) is 18.0 Å². The number of halogens is 1. The summed E-state index contributed by atoms with van der Waals surface area (Å²) in [6.07, 6.45) is 7.32. The van der Waals surface area contributed by atoms with E-state index in [1.54, 1.807) is 0 Å². The number of anilines is 1. The minimum Gasteiger partial charge on any atom is -0.341 e. The van der Waals surface area contributed by atoms with Crippen molar-refractivity contribution in [1.29, 1.82) is 0 Å². The Morgan fingerprint density at radius 1 is 1.14 bits per heavy atom. The molecule has 3 heterocycles. The number of thiophene rings is 1. The van der Waals surface area contributed by atoms with E-state index in [4.69, 9.17) is 16.6 Å². The zero-order valence-electron chi connectivity index (χ0n) is 12.4. The maximum absolute atomic E-state index is 6.52. The van der Waals surface area contributed by atoms with Gasteiger partial charge in [0.1, 0.15) is 9.98 Å². The lowest BCUT2D eigenvalue weighted by Crippen LogP contribution is -2.34. The van der Waals surface area contributed by atoms with Crippen LogP contribution in [0.5, 0.6) is 0 Å². The fourth-order valence-electron chi connectivity index (χ4n) is 3.45. The first kappa shape index (κ1) is 13.8. The van der Waals surface area contributed by atoms with E-state index in [2.05, 4.69) is 16.8 Å². The third-order valence-electron chi connectivity index (χ3n) is 4.83. The molecule has 1 saturated heterocycles. The molecule has 1 aliphatic carbocycles. The average Bonchev–Trinajstić information content (AvgIpc) is 2.86. The van der Waals surface area contributed by atoms with Crippen molar-refractivity contribution in [3.63, 3.8) is 0 Å². The number of fused-ring (bicyclic) bond motifs is 3. The molecular formula is C16H20ClN3S. The Morgan fingerprint density at radius 2 is 1.90 bits per heavy atom. The second-order valence-corrected chi connectivity index (χ2v) is 7.82. The molecule has 3 nitrogen and oxygen atoms in total. The monoisotopic (exact) mass is 321 g/mol. The zero-order chi connectivity index (χ0) is 14.4. The van der Waals surface area contributed by atoms with Crippen LogP contribution in [0.4, 0.5) is 5.95 Å². The van der Waals surface area contributed by atoms with Crippen LogP contribution in [0.3, 0.4) is 0 Å². The molecule has 21 heavy (non-hydrogen) atoms. The first-order valence-electron chi connectivity index (χ1n) is 7.95. The standard InChI is InChI=1S/C16H20ClN3S/c1-10-6-8-20(9-7-10)16-18-14(17)13-11-4-2-3-5-12(11)21-15(13)19-16/h10H,2-9H2,1H3. The predicted molar refractivity (Wildman–Crippen MR) is 89.7 cm³/mol. The summed E-state index contributed by atoms with van der Waals surface area (Å²) in [6, 6.07) is 0. The molecule has 1 aliphatic heterocycles. The van der Waals surface area contributed by atoms with Crippen molar-refractivity contribution in [1.82, 2.24) is 9.97 Å². The lowest BCUT2D eigenvalue weighted by Gasteiger charge is -2.30. The van der Waals surface area contributed by atoms with Crippen molar-refractivity contribution in [2.45, 2.75) is 45.4 Å². The zero-order valence-corrected chi connectivity index (χ0v) is 13.9. The van der Waals surface area contributed by atoms with E-state index in [1.165, 1.54) is 42.5 Å². The summed E-state index contributed by atoms with van der Waals surface area (Å²) < 4.78 is 0. The third kappa shape index (κ3) is 2.42. The molecule has 5 heteroatoms. The van der Waals surface area contributed by atoms with Gasteiger partial charge in [0.05, 0.1) is 5.39 Å². The lowest BCUT2D eigenvalue weighted by atomic mass is 9.97. The smallest absolute Gasteiger partial charge is 0.228 e. The Hall–Kier alpha value is -0.870. The highest BCUT2D eigenvalue weighted by atomic mass is 35.5. The third-order valence-corrected chi connectivity index (χ3v) is 6.28. The summed E-state index contributed by atoms with van der Waals surface area (Å²) in [6.45, 7) is 4.42. The summed E-state index contributed by atoms with van der Waals surface area (Å²) in [7, 11) is 0. The fraction of sp³-hybridized carbons (Fsp3) is 0.625. The molecule has 1 fully saturated rings. The quantitative estimate of drug-likeness (QED) is 0.726. The number of aromatic nitrogens is 2. The van der Waals surface area contributed by atoms with Crippen LogP contribution in [-0.4, -0.2) is 23.1 Å². The van der Waals surface area contributed by atoms with Crippen molar-refractivity contribution in [2.75, 3.05) is 18.0 Å². The molecule has 0 atom stereocenters. The Bertz CT molecular complexity index is 674. The molecule has 0 N–H and O–H groups in total. The molecule has 0 spiro atoms. The molecule has 0 aromatic carbocycles. The molecule has 0 saturated carbocycles. The van der Waals surface area contributed by atoms with Crippen molar-refractivity contribution in [2.24, 2.45) is 5.92 Å². The van der Waals surface area contributed by atoms with Gasteiger partial charge in [0.15, 0.2) is 0 Å². The number of aryl methyl sites for hydroxylation is 2. The van der Waals surface area contributed by atoms with Crippen molar-refractivity contribution >= 4 is 39.1 Å². The Balaban J connectivity index is 1.75. The van der Waals surface area contributed by atoms with Crippen LogP contribution >= 0.6 is 22.9 Å². The minimum absolute atomic E-state index is 0.660. The molecule has 112 valence electrons. The van der Waals surface area contributed by atoms with E-state index < -0.39 is 0 Å². The van der Waals surface area contributed by atoms with Crippen LogP contribution in [0, 0.1) is 5.92 Å². The number of rotatable bonds is 1. The van der Waals surface area contributed by atoms with E-state index in [0.717, 1.165) is 41.6 Å². The van der Waals surface area contributed by atoms with E-state index >= 15 is 0 Å². The number of nitrogens with zero attached hydrogens (tertiary/aromatic N) is 3. The molecule has 4 rings (SSSR count). The summed E-state index contributed by atoms with van der Waals surface area (Å²) in [5.41, 5.74) is 1.42. The maximum Gasteiger partial charge on any atom is 0.228 e. The van der Waals surface area contributed by atoms with Gasteiger partial charge in [0.25, 0.3) is 0 Å². The number of hydrogen-bond acceptors (Lipinski definition) is 4. The van der Waals surface area contributed by atoms with Gasteiger partial charge < -0.3 is 4.90 Å². The topological polar surface area (TPSA) is 29.0 Å². The van der Waals surface area contributed by atoms with E-state index in [9.17, 15) is 0 Å². The molecule has 0 amide bonds. The molecule has 2 aliphatic rings. The maximum atomic E-state index is 6.52. The SMILES string of the molecule is CC1CCN(c2nc(Cl)c3c4c(sc3n2)CCCC4)CC1. The highest BCUT2D eigenvalue weighted by molar-refractivity contribution is 7.19. The first-order valence-corrected chi connectivity index (χ1v) is 9.14. The normalized spacial score (nSPS) is 20.0. The highest BCUT2D eigenvalue weighted by Gasteiger charge is 2.23. The van der Waals surface area contributed by atoms with E-state index in [-0.39, 0.29) is 0 Å². The van der Waals surface area contributed by atoms with Gasteiger partial charge in [-0.3, -0.25) is 0 Å². The first-order chi connectivity index (χ1) is 10.2. The Labute approximate surface area is 134 Å². The predicted octanol–water partition coefficient (Wildman–Crippen LogP) is 4.46. The number of piperidine rings is 1. The van der Waals surface area contributed by atoms with Crippen LogP contribution in [0.15, 0.2) is 0 Å². The van der Waals surface area contributed by atoms with Crippen LogP contribution in [0.1, 0.15) is 43.0 Å². The van der Waals surface area contributed by atoms with Gasteiger partial charge in [-0.25, -0.2) is 9.97 Å². The van der Waals surface area contributed by atoms with Gasteiger partial charge in [-0.1, -0.05) is 18.5 Å². The highest BCUT2D eigenvalue weighted by Crippen LogP contribution is 2.39. The van der Waals surface area contributed by atoms with E-state index in [0.29, 0.717) is 5.15 Å². The summed E-state index contributed by atoms with van der Waals surface area (Å²) in [4.78, 5) is 14.3. The Morgan fingerprint density at radius 3 is 2.71 bits per heavy atom. The van der Waals surface area contributed by atoms with Crippen molar-refractivity contribution in [3.8, 4) is 0 Å². The van der Waals surface area contributed by atoms with Gasteiger partial charge >= 0.3 is 0 Å². The van der Waals surface area contributed by atoms with Crippen LogP contribution in [0.2, 0.25) is 5.15 Å². The van der Waals surface area contributed by atoms with Crippen LogP contribution in [0.25, 0.3) is 10.2 Å². The largest absolute Gasteiger partial charge is 0.341 e. The van der Waals surface area contributed by atoms with Gasteiger partial charge in [-0.2, -0.15) is 0 Å². The molecule has 0 bridgehead atoms. The summed E-state index contributed by atoms with van der Waals surface area (Å²) >= 11 is 8.35. The van der Waals surface area contributed by atoms with Gasteiger partial charge in [-0.15, -0.1) is 11.3 Å². The van der Waals surface area contributed by atoms with Gasteiger partial charge in [0.2, 0.25) is 5.95 Å². The molecule has 2 aromatic rings. The lowest BCUT2D eigenvalue weighted by molar-refractivity contribution is 0.435. The fourth-order valence-corrected chi connectivity index (χ4v) is 5.04. The second-order valence-electron chi connectivity index (χ2n) is 6.38. The molecular weight excluding hydrogens is 302 g/mol. The molecule has 0 radical (unpaired) electrons. The molecule has 2 aromatic heterocycles. The summed E-state index contributed by atoms with van der Waals surface area (Å²) in [5, 5.41) is 1.79. The van der Waals surface area contributed by atoms with Crippen molar-refractivity contribution < 1.29 is 0 Å². The van der Waals surface area contributed by atoms with E-state index in [1.807, 2.05) is 11.3 Å². The second kappa shape index (κ2) is 5.40. The van der Waals surface area contributed by atoms with Crippen molar-refractivity contribution in [3.05, 3.63) is 15.6 Å². The average molecular weight is 322 g/mol. The minimum atomic E-state index is 0.660. The van der Waals surface area contributed by atoms with Crippen LogP contribution in [-0.2, 0) is 12.8 Å². The number of hydrogen-bond donors (Lipinski definition) is 0. The Kier molecular flexibility index (Phi) is 3.54. The van der Waals surface area contributed by atoms with Crippen LogP contribution < -0.4 is 4.90 Å².